The summed E-state index contributed by atoms with van der Waals surface area (Å²) in [5.41, 5.74) is 0.0962. The highest BCUT2D eigenvalue weighted by atomic mass is 79.9. The summed E-state index contributed by atoms with van der Waals surface area (Å²) in [4.78, 5) is 0. The van der Waals surface area contributed by atoms with Crippen LogP contribution in [0.25, 0.3) is 0 Å². The minimum Gasteiger partial charge on any atom is -0.166 e. The predicted octanol–water partition coefficient (Wildman–Crippen LogP) is 5.13. The Morgan fingerprint density at radius 1 is 1.07 bits per heavy atom. The van der Waals surface area contributed by atoms with E-state index in [2.05, 4.69) is 47.8 Å². The lowest BCUT2D eigenvalue weighted by atomic mass is 10.1. The molecule has 6 heteroatoms. The van der Waals surface area contributed by atoms with Gasteiger partial charge in [-0.25, -0.2) is 0 Å². The molecule has 0 atom stereocenters. The molecule has 0 aliphatic heterocycles. The molecule has 78 valence electrons. The lowest BCUT2D eigenvalue weighted by Crippen LogP contribution is -2.05. The van der Waals surface area contributed by atoms with Crippen molar-refractivity contribution in [3.05, 3.63) is 32.2 Å². The fraction of sp³-hybridized carbons (Fsp3) is 0.250. The minimum atomic E-state index is -4.31. The molecule has 0 saturated heterocycles. The summed E-state index contributed by atoms with van der Waals surface area (Å²) >= 11 is 9.37. The summed E-state index contributed by atoms with van der Waals surface area (Å²) in [7, 11) is 0. The molecule has 0 aliphatic carbocycles. The van der Waals surface area contributed by atoms with E-state index in [0.29, 0.717) is 14.3 Å². The summed E-state index contributed by atoms with van der Waals surface area (Å²) in [5.74, 6) is 0. The molecule has 0 heterocycles. The van der Waals surface area contributed by atoms with Gasteiger partial charge in [0.15, 0.2) is 0 Å². The summed E-state index contributed by atoms with van der Waals surface area (Å²) in [6, 6.07) is 2.14. The molecule has 0 spiro atoms. The number of halogens is 6. The van der Waals surface area contributed by atoms with Gasteiger partial charge in [0.05, 0.1) is 5.56 Å². The highest BCUT2D eigenvalue weighted by Crippen LogP contribution is 2.36. The second kappa shape index (κ2) is 4.53. The average molecular weight is 397 g/mol. The van der Waals surface area contributed by atoms with Crippen molar-refractivity contribution >= 4 is 47.8 Å². The van der Waals surface area contributed by atoms with E-state index >= 15 is 0 Å². The second-order valence-electron chi connectivity index (χ2n) is 2.55. The second-order valence-corrected chi connectivity index (χ2v) is 4.82. The topological polar surface area (TPSA) is 0 Å². The fourth-order valence-electron chi connectivity index (χ4n) is 0.894. The molecule has 1 aromatic rings. The zero-order valence-electron chi connectivity index (χ0n) is 6.63. The molecule has 1 aromatic carbocycles. The van der Waals surface area contributed by atoms with Gasteiger partial charge < -0.3 is 0 Å². The first kappa shape index (κ1) is 12.5. The Bertz CT molecular complexity index is 323. The Morgan fingerprint density at radius 3 is 1.79 bits per heavy atom. The van der Waals surface area contributed by atoms with Gasteiger partial charge in [-0.15, -0.1) is 0 Å². The van der Waals surface area contributed by atoms with Crippen LogP contribution in [0.5, 0.6) is 0 Å². The Balaban J connectivity index is 3.28. The van der Waals surface area contributed by atoms with Crippen molar-refractivity contribution in [1.29, 1.82) is 0 Å². The highest BCUT2D eigenvalue weighted by molar-refractivity contribution is 9.11. The van der Waals surface area contributed by atoms with Gasteiger partial charge in [-0.3, -0.25) is 0 Å². The van der Waals surface area contributed by atoms with Gasteiger partial charge in [-0.1, -0.05) is 47.8 Å². The van der Waals surface area contributed by atoms with Crippen molar-refractivity contribution in [3.63, 3.8) is 0 Å². The van der Waals surface area contributed by atoms with Crippen molar-refractivity contribution in [1.82, 2.24) is 0 Å². The number of benzene rings is 1. The Kier molecular flexibility index (Phi) is 4.05. The SMILES string of the molecule is FC(F)(F)c1cc(Br)c(CBr)c(Br)c1. The van der Waals surface area contributed by atoms with Crippen LogP contribution >= 0.6 is 47.8 Å². The Hall–Kier alpha value is 0.450. The molecule has 0 N–H and O–H groups in total. The zero-order valence-corrected chi connectivity index (χ0v) is 11.4. The van der Waals surface area contributed by atoms with Crippen molar-refractivity contribution in [2.45, 2.75) is 11.5 Å². The van der Waals surface area contributed by atoms with Crippen LogP contribution in [0.2, 0.25) is 0 Å². The summed E-state index contributed by atoms with van der Waals surface area (Å²) in [6.07, 6.45) is -4.31. The largest absolute Gasteiger partial charge is 0.416 e. The molecule has 0 radical (unpaired) electrons. The first-order chi connectivity index (χ1) is 6.36. The van der Waals surface area contributed by atoms with Gasteiger partial charge in [0, 0.05) is 14.3 Å². The van der Waals surface area contributed by atoms with Crippen molar-refractivity contribution in [3.8, 4) is 0 Å². The molecular formula is C8H4Br3F3. The maximum absolute atomic E-state index is 12.3. The molecule has 0 unspecified atom stereocenters. The summed E-state index contributed by atoms with van der Waals surface area (Å²) < 4.78 is 37.9. The maximum atomic E-state index is 12.3. The van der Waals surface area contributed by atoms with Crippen molar-refractivity contribution < 1.29 is 13.2 Å². The molecule has 0 nitrogen and oxygen atoms in total. The van der Waals surface area contributed by atoms with Crippen LogP contribution in [-0.2, 0) is 11.5 Å². The highest BCUT2D eigenvalue weighted by Gasteiger charge is 2.31. The molecule has 0 aliphatic rings. The van der Waals surface area contributed by atoms with Gasteiger partial charge in [-0.2, -0.15) is 13.2 Å². The van der Waals surface area contributed by atoms with E-state index in [9.17, 15) is 13.2 Å². The van der Waals surface area contributed by atoms with Gasteiger partial charge in [0.25, 0.3) is 0 Å². The molecule has 14 heavy (non-hydrogen) atoms. The van der Waals surface area contributed by atoms with Gasteiger partial charge in [0.2, 0.25) is 0 Å². The first-order valence-electron chi connectivity index (χ1n) is 3.47. The molecule has 0 saturated carbocycles. The van der Waals surface area contributed by atoms with E-state index in [1.54, 1.807) is 0 Å². The van der Waals surface area contributed by atoms with Crippen molar-refractivity contribution in [2.24, 2.45) is 0 Å². The van der Waals surface area contributed by atoms with Crippen molar-refractivity contribution in [2.75, 3.05) is 0 Å². The van der Waals surface area contributed by atoms with Gasteiger partial charge >= 0.3 is 6.18 Å². The normalized spacial score (nSPS) is 11.9. The number of hydrogen-bond acceptors (Lipinski definition) is 0. The van der Waals surface area contributed by atoms with Crippen LogP contribution < -0.4 is 0 Å². The van der Waals surface area contributed by atoms with Crippen LogP contribution in [0.15, 0.2) is 21.1 Å². The smallest absolute Gasteiger partial charge is 0.166 e. The fourth-order valence-corrected chi connectivity index (χ4v) is 3.72. The van der Waals surface area contributed by atoms with E-state index < -0.39 is 11.7 Å². The monoisotopic (exact) mass is 394 g/mol. The minimum absolute atomic E-state index is 0.441. The predicted molar refractivity (Wildman–Crippen MR) is 59.5 cm³/mol. The molecule has 0 aromatic heterocycles. The Morgan fingerprint density at radius 2 is 1.50 bits per heavy atom. The van der Waals surface area contributed by atoms with Crippen LogP contribution in [0, 0.1) is 0 Å². The van der Waals surface area contributed by atoms with E-state index in [1.165, 1.54) is 0 Å². The molecule has 0 fully saturated rings. The van der Waals surface area contributed by atoms with E-state index in [-0.39, 0.29) is 0 Å². The molecule has 0 amide bonds. The van der Waals surface area contributed by atoms with E-state index in [1.807, 2.05) is 0 Å². The average Bonchev–Trinajstić information content (AvgIpc) is 2.01. The molecule has 0 bridgehead atoms. The summed E-state index contributed by atoms with van der Waals surface area (Å²) in [6.45, 7) is 0. The van der Waals surface area contributed by atoms with Gasteiger partial charge in [0.1, 0.15) is 0 Å². The molecule has 1 rings (SSSR count). The number of rotatable bonds is 1. The zero-order chi connectivity index (χ0) is 10.9. The van der Waals surface area contributed by atoms with Crippen LogP contribution in [0.1, 0.15) is 11.1 Å². The Labute approximate surface area is 104 Å². The lowest BCUT2D eigenvalue weighted by Gasteiger charge is -2.10. The standard InChI is InChI=1S/C8H4Br3F3/c9-3-5-6(10)1-4(2-7(5)11)8(12,13)14/h1-2H,3H2. The van der Waals surface area contributed by atoms with Crippen LogP contribution in [-0.4, -0.2) is 0 Å². The summed E-state index contributed by atoms with van der Waals surface area (Å²) in [5, 5.41) is 0.492. The molecular weight excluding hydrogens is 393 g/mol. The van der Waals surface area contributed by atoms with Crippen LogP contribution in [0.3, 0.4) is 0 Å². The number of alkyl halides is 4. The third-order valence-electron chi connectivity index (χ3n) is 1.60. The van der Waals surface area contributed by atoms with E-state index in [4.69, 9.17) is 0 Å². The van der Waals surface area contributed by atoms with Crippen LogP contribution in [0.4, 0.5) is 13.2 Å². The first-order valence-corrected chi connectivity index (χ1v) is 6.18. The third kappa shape index (κ3) is 2.73. The van der Waals surface area contributed by atoms with E-state index in [0.717, 1.165) is 17.7 Å². The lowest BCUT2D eigenvalue weighted by molar-refractivity contribution is -0.137. The number of hydrogen-bond donors (Lipinski definition) is 0. The maximum Gasteiger partial charge on any atom is 0.416 e. The third-order valence-corrected chi connectivity index (χ3v) is 3.58. The van der Waals surface area contributed by atoms with Gasteiger partial charge in [-0.05, 0) is 17.7 Å². The quantitative estimate of drug-likeness (QED) is 0.578.